The second-order valence-electron chi connectivity index (χ2n) is 5.06. The zero-order chi connectivity index (χ0) is 15.1. The lowest BCUT2D eigenvalue weighted by Crippen LogP contribution is -2.48. The Hall–Kier alpha value is -1.53. The topological polar surface area (TPSA) is 69.6 Å². The summed E-state index contributed by atoms with van der Waals surface area (Å²) in [6.45, 7) is 1.54. The molecule has 0 bridgehead atoms. The number of carbonyl (C=O) groups excluding carboxylic acids is 1. The molecule has 1 aliphatic heterocycles. The van der Waals surface area contributed by atoms with Crippen molar-refractivity contribution in [1.29, 1.82) is 0 Å². The van der Waals surface area contributed by atoms with Crippen LogP contribution >= 0.6 is 11.8 Å². The molecule has 1 heterocycles. The molecule has 1 fully saturated rings. The summed E-state index contributed by atoms with van der Waals surface area (Å²) < 4.78 is 0. The summed E-state index contributed by atoms with van der Waals surface area (Å²) in [5.74, 6) is 0.860. The van der Waals surface area contributed by atoms with Crippen molar-refractivity contribution in [1.82, 2.24) is 10.2 Å². The van der Waals surface area contributed by atoms with Crippen LogP contribution in [0, 0.1) is 0 Å². The predicted molar refractivity (Wildman–Crippen MR) is 83.2 cm³/mol. The van der Waals surface area contributed by atoms with E-state index >= 15 is 0 Å². The Bertz CT molecular complexity index is 481. The van der Waals surface area contributed by atoms with Crippen LogP contribution in [0.5, 0.6) is 0 Å². The molecule has 1 aromatic rings. The van der Waals surface area contributed by atoms with E-state index in [-0.39, 0.29) is 24.9 Å². The summed E-state index contributed by atoms with van der Waals surface area (Å²) in [5.41, 5.74) is 1.06. The van der Waals surface area contributed by atoms with Gasteiger partial charge in [0.25, 0.3) is 0 Å². The van der Waals surface area contributed by atoms with Crippen LogP contribution in [-0.2, 0) is 16.1 Å². The van der Waals surface area contributed by atoms with Crippen molar-refractivity contribution in [3.05, 3.63) is 35.9 Å². The monoisotopic (exact) mass is 308 g/mol. The van der Waals surface area contributed by atoms with Gasteiger partial charge in [-0.05, 0) is 5.56 Å². The third-order valence-corrected chi connectivity index (χ3v) is 4.53. The summed E-state index contributed by atoms with van der Waals surface area (Å²) in [4.78, 5) is 24.9. The van der Waals surface area contributed by atoms with E-state index in [1.165, 1.54) is 0 Å². The van der Waals surface area contributed by atoms with Gasteiger partial charge in [0.1, 0.15) is 0 Å². The van der Waals surface area contributed by atoms with Gasteiger partial charge in [-0.3, -0.25) is 14.5 Å². The van der Waals surface area contributed by atoms with Crippen molar-refractivity contribution in [3.63, 3.8) is 0 Å². The van der Waals surface area contributed by atoms with E-state index in [1.807, 2.05) is 35.2 Å². The van der Waals surface area contributed by atoms with E-state index in [1.54, 1.807) is 11.8 Å². The molecule has 1 amide bonds. The average molecular weight is 308 g/mol. The van der Waals surface area contributed by atoms with E-state index in [0.717, 1.165) is 23.6 Å². The molecule has 0 saturated carbocycles. The van der Waals surface area contributed by atoms with Gasteiger partial charge in [-0.1, -0.05) is 30.3 Å². The van der Waals surface area contributed by atoms with Crippen LogP contribution in [0.15, 0.2) is 30.3 Å². The maximum Gasteiger partial charge on any atom is 0.304 e. The second-order valence-corrected chi connectivity index (χ2v) is 6.21. The van der Waals surface area contributed by atoms with Crippen molar-refractivity contribution in [2.75, 3.05) is 24.6 Å². The Kier molecular flexibility index (Phi) is 6.07. The molecule has 114 valence electrons. The number of nitrogens with zero attached hydrogens (tertiary/aromatic N) is 1. The lowest BCUT2D eigenvalue weighted by Gasteiger charge is -2.33. The number of rotatable bonds is 6. The van der Waals surface area contributed by atoms with Crippen LogP contribution in [-0.4, -0.2) is 52.5 Å². The Morgan fingerprint density at radius 2 is 2.10 bits per heavy atom. The lowest BCUT2D eigenvalue weighted by molar-refractivity contribution is -0.138. The molecule has 0 spiro atoms. The number of carboxylic acids is 1. The highest BCUT2D eigenvalue weighted by molar-refractivity contribution is 7.99. The van der Waals surface area contributed by atoms with Crippen LogP contribution in [0.2, 0.25) is 0 Å². The van der Waals surface area contributed by atoms with E-state index in [9.17, 15) is 9.59 Å². The molecule has 2 rings (SSSR count). The number of carboxylic acid groups (broad SMARTS) is 1. The minimum absolute atomic E-state index is 0.0521. The Morgan fingerprint density at radius 3 is 2.81 bits per heavy atom. The van der Waals surface area contributed by atoms with Crippen LogP contribution in [0.25, 0.3) is 0 Å². The van der Waals surface area contributed by atoms with Crippen LogP contribution in [0.4, 0.5) is 0 Å². The quantitative estimate of drug-likeness (QED) is 0.826. The van der Waals surface area contributed by atoms with Gasteiger partial charge in [0.15, 0.2) is 0 Å². The number of carbonyl (C=O) groups is 2. The molecule has 2 N–H and O–H groups in total. The maximum absolute atomic E-state index is 12.0. The molecular weight excluding hydrogens is 288 g/mol. The Labute approximate surface area is 128 Å². The number of nitrogens with one attached hydrogen (secondary N) is 1. The summed E-state index contributed by atoms with van der Waals surface area (Å²) in [6, 6.07) is 9.69. The van der Waals surface area contributed by atoms with E-state index < -0.39 is 5.97 Å². The molecule has 1 unspecified atom stereocenters. The highest BCUT2D eigenvalue weighted by atomic mass is 32.2. The third-order valence-electron chi connectivity index (χ3n) is 3.44. The largest absolute Gasteiger partial charge is 0.481 e. The fourth-order valence-corrected chi connectivity index (χ4v) is 3.45. The van der Waals surface area contributed by atoms with Crippen molar-refractivity contribution >= 4 is 23.6 Å². The van der Waals surface area contributed by atoms with Crippen molar-refractivity contribution < 1.29 is 14.7 Å². The molecule has 1 aliphatic rings. The van der Waals surface area contributed by atoms with Crippen LogP contribution in [0.1, 0.15) is 12.0 Å². The minimum Gasteiger partial charge on any atom is -0.481 e. The number of aliphatic carboxylic acids is 1. The number of thioether (sulfide) groups is 1. The van der Waals surface area contributed by atoms with Crippen molar-refractivity contribution in [2.45, 2.75) is 19.0 Å². The summed E-state index contributed by atoms with van der Waals surface area (Å²) in [6.07, 6.45) is 0.0962. The molecule has 0 aliphatic carbocycles. The van der Waals surface area contributed by atoms with Gasteiger partial charge in [0.05, 0.1) is 13.0 Å². The molecule has 1 saturated heterocycles. The number of hydrogen-bond acceptors (Lipinski definition) is 4. The third kappa shape index (κ3) is 5.40. The van der Waals surface area contributed by atoms with E-state index in [4.69, 9.17) is 5.11 Å². The Morgan fingerprint density at radius 1 is 1.33 bits per heavy atom. The minimum atomic E-state index is -0.808. The Balaban J connectivity index is 1.81. The van der Waals surface area contributed by atoms with Gasteiger partial charge >= 0.3 is 5.97 Å². The standard InChI is InChI=1S/C15H20N2O3S/c18-14(16-9-12-4-2-1-3-5-12)10-17-6-7-21-11-13(17)8-15(19)20/h1-5,13H,6-11H2,(H,16,18)(H,19,20). The normalized spacial score (nSPS) is 19.1. The number of benzene rings is 1. The first kappa shape index (κ1) is 15.9. The molecule has 1 atom stereocenters. The van der Waals surface area contributed by atoms with Crippen LogP contribution in [0.3, 0.4) is 0 Å². The number of amides is 1. The highest BCUT2D eigenvalue weighted by Gasteiger charge is 2.26. The first-order chi connectivity index (χ1) is 10.1. The van der Waals surface area contributed by atoms with Crippen LogP contribution < -0.4 is 5.32 Å². The lowest BCUT2D eigenvalue weighted by atomic mass is 10.2. The molecular formula is C15H20N2O3S. The zero-order valence-corrected chi connectivity index (χ0v) is 12.6. The highest BCUT2D eigenvalue weighted by Crippen LogP contribution is 2.18. The molecule has 6 heteroatoms. The zero-order valence-electron chi connectivity index (χ0n) is 11.8. The van der Waals surface area contributed by atoms with Gasteiger partial charge in [0, 0.05) is 30.6 Å². The van der Waals surface area contributed by atoms with E-state index in [2.05, 4.69) is 5.32 Å². The van der Waals surface area contributed by atoms with Crippen molar-refractivity contribution in [3.8, 4) is 0 Å². The second kappa shape index (κ2) is 8.05. The number of hydrogen-bond donors (Lipinski definition) is 2. The maximum atomic E-state index is 12.0. The average Bonchev–Trinajstić information content (AvgIpc) is 2.48. The van der Waals surface area contributed by atoms with Gasteiger partial charge in [0.2, 0.25) is 5.91 Å². The molecule has 21 heavy (non-hydrogen) atoms. The predicted octanol–water partition coefficient (Wildman–Crippen LogP) is 1.19. The SMILES string of the molecule is O=C(O)CC1CSCCN1CC(=O)NCc1ccccc1. The van der Waals surface area contributed by atoms with Gasteiger partial charge in [-0.15, -0.1) is 0 Å². The summed E-state index contributed by atoms with van der Waals surface area (Å²) >= 11 is 1.75. The summed E-state index contributed by atoms with van der Waals surface area (Å²) in [7, 11) is 0. The van der Waals surface area contributed by atoms with Crippen molar-refractivity contribution in [2.24, 2.45) is 0 Å². The van der Waals surface area contributed by atoms with E-state index in [0.29, 0.717) is 6.54 Å². The van der Waals surface area contributed by atoms with Gasteiger partial charge < -0.3 is 10.4 Å². The fourth-order valence-electron chi connectivity index (χ4n) is 2.32. The van der Waals surface area contributed by atoms with Gasteiger partial charge in [-0.2, -0.15) is 11.8 Å². The first-order valence-corrected chi connectivity index (χ1v) is 8.15. The molecule has 0 aromatic heterocycles. The summed E-state index contributed by atoms with van der Waals surface area (Å²) in [5, 5.41) is 11.8. The first-order valence-electron chi connectivity index (χ1n) is 6.99. The molecule has 1 aromatic carbocycles. The fraction of sp³-hybridized carbons (Fsp3) is 0.467. The smallest absolute Gasteiger partial charge is 0.304 e. The van der Waals surface area contributed by atoms with Gasteiger partial charge in [-0.25, -0.2) is 0 Å². The molecule has 0 radical (unpaired) electrons. The molecule has 5 nitrogen and oxygen atoms in total.